The van der Waals surface area contributed by atoms with Gasteiger partial charge < -0.3 is 15.0 Å². The number of halogens is 4. The van der Waals surface area contributed by atoms with Crippen LogP contribution in [0.3, 0.4) is 0 Å². The third-order valence-electron chi connectivity index (χ3n) is 3.87. The summed E-state index contributed by atoms with van der Waals surface area (Å²) in [4.78, 5) is 25.4. The molecule has 5 nitrogen and oxygen atoms in total. The van der Waals surface area contributed by atoms with E-state index in [1.807, 2.05) is 5.32 Å². The molecule has 1 aromatic rings. The monoisotopic (exact) mass is 348 g/mol. The second-order valence-electron chi connectivity index (χ2n) is 5.46. The first-order valence-corrected chi connectivity index (χ1v) is 7.21. The van der Waals surface area contributed by atoms with E-state index < -0.39 is 41.1 Å². The van der Waals surface area contributed by atoms with Gasteiger partial charge in [-0.3, -0.25) is 9.59 Å². The number of nitrogens with one attached hydrogen (secondary N) is 1. The van der Waals surface area contributed by atoms with Crippen LogP contribution in [0.5, 0.6) is 0 Å². The Morgan fingerprint density at radius 1 is 1.29 bits per heavy atom. The Morgan fingerprint density at radius 2 is 1.96 bits per heavy atom. The van der Waals surface area contributed by atoms with Gasteiger partial charge >= 0.3 is 18.0 Å². The lowest BCUT2D eigenvalue weighted by Gasteiger charge is -2.37. The number of ether oxygens (including phenoxy) is 1. The second-order valence-corrected chi connectivity index (χ2v) is 5.46. The molecular formula is C15H16F4N2O3. The van der Waals surface area contributed by atoms with Crippen molar-refractivity contribution < 1.29 is 31.9 Å². The first-order chi connectivity index (χ1) is 11.1. The molecule has 1 aliphatic rings. The summed E-state index contributed by atoms with van der Waals surface area (Å²) >= 11 is 0. The van der Waals surface area contributed by atoms with E-state index in [4.69, 9.17) is 4.74 Å². The molecular weight excluding hydrogens is 332 g/mol. The number of carbonyl (C=O) groups excluding carboxylic acids is 2. The fourth-order valence-electron chi connectivity index (χ4n) is 2.39. The van der Waals surface area contributed by atoms with Crippen molar-refractivity contribution in [2.24, 2.45) is 0 Å². The Labute approximate surface area is 135 Å². The normalized spacial score (nSPS) is 21.5. The van der Waals surface area contributed by atoms with Gasteiger partial charge in [0.05, 0.1) is 30.0 Å². The minimum absolute atomic E-state index is 0.160. The van der Waals surface area contributed by atoms with Crippen molar-refractivity contribution in [3.63, 3.8) is 0 Å². The molecule has 9 heteroatoms. The lowest BCUT2D eigenvalue weighted by atomic mass is 10.1. The zero-order valence-corrected chi connectivity index (χ0v) is 13.0. The standard InChI is InChI=1S/C15H16F4N2O3/c1-8-9(2)24-6-5-21(8)14(23)13(22)20-12-4-3-10(16)7-11(12)15(17,18)19/h3-4,7-9H,5-6H2,1-2H3,(H,20,22)/t8-,9-/m0/s1. The number of hydrogen-bond donors (Lipinski definition) is 1. The number of amides is 2. The quantitative estimate of drug-likeness (QED) is 0.626. The molecule has 1 aliphatic heterocycles. The highest BCUT2D eigenvalue weighted by Crippen LogP contribution is 2.35. The van der Waals surface area contributed by atoms with Crippen molar-refractivity contribution in [3.05, 3.63) is 29.6 Å². The highest BCUT2D eigenvalue weighted by Gasteiger charge is 2.36. The van der Waals surface area contributed by atoms with Crippen LogP contribution in [0, 0.1) is 5.82 Å². The summed E-state index contributed by atoms with van der Waals surface area (Å²) in [6.45, 7) is 3.79. The van der Waals surface area contributed by atoms with Crippen LogP contribution in [-0.2, 0) is 20.5 Å². The average Bonchev–Trinajstić information content (AvgIpc) is 2.50. The van der Waals surface area contributed by atoms with Gasteiger partial charge in [0, 0.05) is 6.54 Å². The van der Waals surface area contributed by atoms with Crippen LogP contribution in [-0.4, -0.2) is 42.0 Å². The largest absolute Gasteiger partial charge is 0.418 e. The van der Waals surface area contributed by atoms with Gasteiger partial charge in [-0.1, -0.05) is 0 Å². The van der Waals surface area contributed by atoms with Crippen LogP contribution in [0.4, 0.5) is 23.2 Å². The molecule has 1 aromatic carbocycles. The maximum atomic E-state index is 13.1. The molecule has 1 saturated heterocycles. The van der Waals surface area contributed by atoms with Gasteiger partial charge in [0.2, 0.25) is 0 Å². The maximum Gasteiger partial charge on any atom is 0.418 e. The first kappa shape index (κ1) is 18.2. The van der Waals surface area contributed by atoms with Crippen LogP contribution in [0.2, 0.25) is 0 Å². The van der Waals surface area contributed by atoms with Gasteiger partial charge in [0.25, 0.3) is 0 Å². The molecule has 24 heavy (non-hydrogen) atoms. The van der Waals surface area contributed by atoms with Crippen LogP contribution in [0.15, 0.2) is 18.2 Å². The van der Waals surface area contributed by atoms with Crippen molar-refractivity contribution in [1.29, 1.82) is 0 Å². The summed E-state index contributed by atoms with van der Waals surface area (Å²) in [5.41, 5.74) is -2.02. The smallest absolute Gasteiger partial charge is 0.375 e. The van der Waals surface area contributed by atoms with Gasteiger partial charge in [0.1, 0.15) is 5.82 Å². The fourth-order valence-corrected chi connectivity index (χ4v) is 2.39. The highest BCUT2D eigenvalue weighted by atomic mass is 19.4. The predicted octanol–water partition coefficient (Wildman–Crippen LogP) is 2.42. The molecule has 0 radical (unpaired) electrons. The van der Waals surface area contributed by atoms with E-state index in [9.17, 15) is 27.2 Å². The molecule has 0 unspecified atom stereocenters. The van der Waals surface area contributed by atoms with Crippen LogP contribution >= 0.6 is 0 Å². The van der Waals surface area contributed by atoms with Crippen molar-refractivity contribution >= 4 is 17.5 Å². The van der Waals surface area contributed by atoms with Gasteiger partial charge in [-0.2, -0.15) is 13.2 Å². The summed E-state index contributed by atoms with van der Waals surface area (Å²) in [5, 5.41) is 1.92. The van der Waals surface area contributed by atoms with E-state index in [1.165, 1.54) is 4.90 Å². The summed E-state index contributed by atoms with van der Waals surface area (Å²) in [6, 6.07) is 1.41. The Hall–Kier alpha value is -2.16. The number of hydrogen-bond acceptors (Lipinski definition) is 3. The molecule has 1 heterocycles. The Morgan fingerprint density at radius 3 is 2.58 bits per heavy atom. The first-order valence-electron chi connectivity index (χ1n) is 7.21. The molecule has 2 amide bonds. The minimum Gasteiger partial charge on any atom is -0.375 e. The molecule has 1 N–H and O–H groups in total. The Balaban J connectivity index is 2.19. The number of nitrogens with zero attached hydrogens (tertiary/aromatic N) is 1. The van der Waals surface area contributed by atoms with E-state index in [0.717, 1.165) is 12.1 Å². The topological polar surface area (TPSA) is 58.6 Å². The van der Waals surface area contributed by atoms with Gasteiger partial charge in [0.15, 0.2) is 0 Å². The van der Waals surface area contributed by atoms with Crippen molar-refractivity contribution in [2.75, 3.05) is 18.5 Å². The highest BCUT2D eigenvalue weighted by molar-refractivity contribution is 6.39. The van der Waals surface area contributed by atoms with Crippen molar-refractivity contribution in [2.45, 2.75) is 32.2 Å². The average molecular weight is 348 g/mol. The van der Waals surface area contributed by atoms with E-state index in [0.29, 0.717) is 0 Å². The van der Waals surface area contributed by atoms with Gasteiger partial charge in [-0.15, -0.1) is 0 Å². The molecule has 0 saturated carbocycles. The predicted molar refractivity (Wildman–Crippen MR) is 76.6 cm³/mol. The summed E-state index contributed by atoms with van der Waals surface area (Å²) in [6.07, 6.45) is -5.17. The third-order valence-corrected chi connectivity index (χ3v) is 3.87. The van der Waals surface area contributed by atoms with E-state index >= 15 is 0 Å². The van der Waals surface area contributed by atoms with E-state index in [1.54, 1.807) is 13.8 Å². The van der Waals surface area contributed by atoms with Crippen molar-refractivity contribution in [1.82, 2.24) is 4.90 Å². The number of carbonyl (C=O) groups is 2. The summed E-state index contributed by atoms with van der Waals surface area (Å²) < 4.78 is 57.1. The van der Waals surface area contributed by atoms with Crippen LogP contribution < -0.4 is 5.32 Å². The minimum atomic E-state index is -4.87. The third kappa shape index (κ3) is 3.84. The van der Waals surface area contributed by atoms with E-state index in [-0.39, 0.29) is 25.3 Å². The zero-order chi connectivity index (χ0) is 18.1. The number of anilines is 1. The Kier molecular flexibility index (Phi) is 5.12. The van der Waals surface area contributed by atoms with Gasteiger partial charge in [-0.25, -0.2) is 4.39 Å². The molecule has 0 bridgehead atoms. The lowest BCUT2D eigenvalue weighted by Crippen LogP contribution is -2.54. The number of alkyl halides is 3. The molecule has 0 aromatic heterocycles. The van der Waals surface area contributed by atoms with Gasteiger partial charge in [-0.05, 0) is 32.0 Å². The molecule has 132 valence electrons. The maximum absolute atomic E-state index is 13.1. The van der Waals surface area contributed by atoms with E-state index in [2.05, 4.69) is 0 Å². The Bertz CT molecular complexity index is 648. The molecule has 1 fully saturated rings. The molecule has 2 rings (SSSR count). The van der Waals surface area contributed by atoms with Crippen LogP contribution in [0.1, 0.15) is 19.4 Å². The zero-order valence-electron chi connectivity index (χ0n) is 13.0. The fraction of sp³-hybridized carbons (Fsp3) is 0.467. The SMILES string of the molecule is C[C@@H]1OCCN(C(=O)C(=O)Nc2ccc(F)cc2C(F)(F)F)[C@H]1C. The lowest BCUT2D eigenvalue weighted by molar-refractivity contribution is -0.152. The number of morpholine rings is 1. The van der Waals surface area contributed by atoms with Crippen LogP contribution in [0.25, 0.3) is 0 Å². The second kappa shape index (κ2) is 6.76. The number of rotatable bonds is 1. The molecule has 2 atom stereocenters. The number of benzene rings is 1. The summed E-state index contributed by atoms with van der Waals surface area (Å²) in [5.74, 6) is -3.27. The summed E-state index contributed by atoms with van der Waals surface area (Å²) in [7, 11) is 0. The molecule has 0 aliphatic carbocycles. The van der Waals surface area contributed by atoms with Crippen molar-refractivity contribution in [3.8, 4) is 0 Å². The molecule has 0 spiro atoms.